The minimum absolute atomic E-state index is 0.141. The first-order valence-electron chi connectivity index (χ1n) is 5.79. The van der Waals surface area contributed by atoms with Crippen molar-refractivity contribution in [2.75, 3.05) is 18.6 Å². The fraction of sp³-hybridized carbons (Fsp3) is 0.417. The summed E-state index contributed by atoms with van der Waals surface area (Å²) in [6, 6.07) is 3.40. The third kappa shape index (κ3) is 2.86. The number of nitrogens with zero attached hydrogens (tertiary/aromatic N) is 2. The van der Waals surface area contributed by atoms with Crippen molar-refractivity contribution in [3.05, 3.63) is 39.7 Å². The maximum absolute atomic E-state index is 13.5. The topological polar surface area (TPSA) is 63.5 Å². The maximum Gasteiger partial charge on any atom is 0.304 e. The van der Waals surface area contributed by atoms with E-state index in [2.05, 4.69) is 0 Å². The molecule has 7 heteroatoms. The molecule has 0 spiro atoms. The van der Waals surface area contributed by atoms with E-state index in [-0.39, 0.29) is 17.5 Å². The molecule has 1 saturated heterocycles. The molecule has 1 unspecified atom stereocenters. The van der Waals surface area contributed by atoms with Crippen molar-refractivity contribution >= 4 is 23.4 Å². The van der Waals surface area contributed by atoms with Crippen LogP contribution in [0, 0.1) is 15.9 Å². The zero-order valence-corrected chi connectivity index (χ0v) is 11.2. The summed E-state index contributed by atoms with van der Waals surface area (Å²) >= 11 is 1.78. The number of halogens is 1. The average Bonchev–Trinajstić information content (AvgIpc) is 2.90. The van der Waals surface area contributed by atoms with Gasteiger partial charge in [0.1, 0.15) is 0 Å². The molecule has 0 bridgehead atoms. The van der Waals surface area contributed by atoms with Crippen LogP contribution < -0.4 is 0 Å². The van der Waals surface area contributed by atoms with Crippen LogP contribution in [-0.2, 0) is 0 Å². The lowest BCUT2D eigenvalue weighted by atomic mass is 10.1. The molecule has 0 radical (unpaired) electrons. The molecule has 1 atom stereocenters. The second-order valence-corrected chi connectivity index (χ2v) is 5.51. The predicted molar refractivity (Wildman–Crippen MR) is 70.9 cm³/mol. The van der Waals surface area contributed by atoms with Gasteiger partial charge in [-0.05, 0) is 24.3 Å². The van der Waals surface area contributed by atoms with E-state index in [9.17, 15) is 19.3 Å². The Morgan fingerprint density at radius 1 is 1.58 bits per heavy atom. The Morgan fingerprint density at radius 2 is 2.32 bits per heavy atom. The van der Waals surface area contributed by atoms with E-state index in [1.807, 2.05) is 0 Å². The predicted octanol–water partition coefficient (Wildman–Crippen LogP) is 2.31. The number of hydrogen-bond donors (Lipinski definition) is 0. The fourth-order valence-electron chi connectivity index (χ4n) is 1.98. The van der Waals surface area contributed by atoms with Crippen LogP contribution in [0.1, 0.15) is 16.8 Å². The third-order valence-electron chi connectivity index (χ3n) is 3.17. The van der Waals surface area contributed by atoms with Crippen molar-refractivity contribution in [2.45, 2.75) is 12.5 Å². The maximum atomic E-state index is 13.5. The Labute approximate surface area is 113 Å². The largest absolute Gasteiger partial charge is 0.338 e. The van der Waals surface area contributed by atoms with Crippen LogP contribution in [0.4, 0.5) is 10.1 Å². The summed E-state index contributed by atoms with van der Waals surface area (Å²) in [7, 11) is 1.68. The summed E-state index contributed by atoms with van der Waals surface area (Å²) in [6.45, 7) is 0. The molecule has 2 rings (SSSR count). The number of carbonyl (C=O) groups excluding carboxylic acids is 1. The van der Waals surface area contributed by atoms with Gasteiger partial charge in [-0.15, -0.1) is 0 Å². The van der Waals surface area contributed by atoms with Crippen LogP contribution in [-0.4, -0.2) is 40.3 Å². The molecule has 5 nitrogen and oxygen atoms in total. The van der Waals surface area contributed by atoms with E-state index >= 15 is 0 Å². The summed E-state index contributed by atoms with van der Waals surface area (Å²) in [5, 5.41) is 10.5. The Kier molecular flexibility index (Phi) is 4.04. The fourth-order valence-corrected chi connectivity index (χ4v) is 3.25. The molecule has 19 heavy (non-hydrogen) atoms. The number of nitro benzene ring substituents is 1. The number of rotatable bonds is 3. The van der Waals surface area contributed by atoms with Crippen LogP contribution in [0.3, 0.4) is 0 Å². The molecule has 0 N–H and O–H groups in total. The summed E-state index contributed by atoms with van der Waals surface area (Å²) in [5.74, 6) is 0.598. The highest BCUT2D eigenvalue weighted by Gasteiger charge is 2.26. The minimum atomic E-state index is -0.981. The molecule has 1 aromatic rings. The molecule has 0 aliphatic carbocycles. The number of carbonyl (C=O) groups is 1. The Balaban J connectivity index is 2.19. The van der Waals surface area contributed by atoms with Crippen LogP contribution in [0.15, 0.2) is 18.2 Å². The van der Waals surface area contributed by atoms with E-state index in [1.54, 1.807) is 23.7 Å². The van der Waals surface area contributed by atoms with Crippen molar-refractivity contribution in [1.29, 1.82) is 0 Å². The monoisotopic (exact) mass is 284 g/mol. The van der Waals surface area contributed by atoms with E-state index in [0.29, 0.717) is 0 Å². The lowest BCUT2D eigenvalue weighted by Crippen LogP contribution is -2.37. The molecule has 1 fully saturated rings. The molecule has 0 aromatic heterocycles. The highest BCUT2D eigenvalue weighted by molar-refractivity contribution is 7.99. The number of amides is 1. The van der Waals surface area contributed by atoms with Crippen molar-refractivity contribution in [2.24, 2.45) is 0 Å². The second-order valence-electron chi connectivity index (χ2n) is 4.36. The summed E-state index contributed by atoms with van der Waals surface area (Å²) < 4.78 is 13.5. The first kappa shape index (κ1) is 13.8. The van der Waals surface area contributed by atoms with E-state index < -0.39 is 16.4 Å². The van der Waals surface area contributed by atoms with Gasteiger partial charge in [0, 0.05) is 30.5 Å². The first-order valence-corrected chi connectivity index (χ1v) is 6.95. The average molecular weight is 284 g/mol. The van der Waals surface area contributed by atoms with Gasteiger partial charge in [-0.2, -0.15) is 16.2 Å². The van der Waals surface area contributed by atoms with Gasteiger partial charge < -0.3 is 4.90 Å². The number of nitro groups is 1. The van der Waals surface area contributed by atoms with Gasteiger partial charge >= 0.3 is 5.69 Å². The van der Waals surface area contributed by atoms with Gasteiger partial charge in [0.2, 0.25) is 5.82 Å². The van der Waals surface area contributed by atoms with Gasteiger partial charge in [0.05, 0.1) is 4.92 Å². The van der Waals surface area contributed by atoms with Crippen LogP contribution in [0.5, 0.6) is 0 Å². The third-order valence-corrected chi connectivity index (χ3v) is 4.31. The van der Waals surface area contributed by atoms with Crippen LogP contribution in [0.2, 0.25) is 0 Å². The van der Waals surface area contributed by atoms with Gasteiger partial charge in [0.15, 0.2) is 0 Å². The van der Waals surface area contributed by atoms with Gasteiger partial charge in [-0.1, -0.05) is 0 Å². The molecule has 1 aliphatic heterocycles. The zero-order chi connectivity index (χ0) is 14.0. The zero-order valence-electron chi connectivity index (χ0n) is 10.3. The Hall–Kier alpha value is -1.63. The van der Waals surface area contributed by atoms with Gasteiger partial charge in [-0.25, -0.2) is 0 Å². The molecular formula is C12H13FN2O3S. The summed E-state index contributed by atoms with van der Waals surface area (Å²) in [5.41, 5.74) is -0.474. The Bertz CT molecular complexity index is 518. The smallest absolute Gasteiger partial charge is 0.304 e. The van der Waals surface area contributed by atoms with Crippen molar-refractivity contribution < 1.29 is 14.1 Å². The molecule has 102 valence electrons. The normalized spacial score (nSPS) is 18.3. The van der Waals surface area contributed by atoms with Gasteiger partial charge in [0.25, 0.3) is 5.91 Å². The second kappa shape index (κ2) is 5.56. The lowest BCUT2D eigenvalue weighted by Gasteiger charge is -2.23. The van der Waals surface area contributed by atoms with E-state index in [1.165, 1.54) is 6.07 Å². The minimum Gasteiger partial charge on any atom is -0.338 e. The summed E-state index contributed by atoms with van der Waals surface area (Å²) in [4.78, 5) is 23.4. The van der Waals surface area contributed by atoms with Crippen LogP contribution >= 0.6 is 11.8 Å². The summed E-state index contributed by atoms with van der Waals surface area (Å²) in [6.07, 6.45) is 0.919. The molecule has 1 heterocycles. The quantitative estimate of drug-likeness (QED) is 0.631. The van der Waals surface area contributed by atoms with E-state index in [4.69, 9.17) is 0 Å². The number of hydrogen-bond acceptors (Lipinski definition) is 4. The molecule has 1 aromatic carbocycles. The highest BCUT2D eigenvalue weighted by atomic mass is 32.2. The van der Waals surface area contributed by atoms with Crippen molar-refractivity contribution in [1.82, 2.24) is 4.90 Å². The lowest BCUT2D eigenvalue weighted by molar-refractivity contribution is -0.387. The highest BCUT2D eigenvalue weighted by Crippen LogP contribution is 2.24. The standard InChI is InChI=1S/C12H13FN2O3S/c1-14(9-4-5-19-7-9)12(16)8-2-3-11(15(17)18)10(13)6-8/h2-3,6,9H,4-5,7H2,1H3. The molecule has 0 saturated carbocycles. The number of benzene rings is 1. The Morgan fingerprint density at radius 3 is 2.84 bits per heavy atom. The van der Waals surface area contributed by atoms with E-state index in [0.717, 1.165) is 30.1 Å². The SMILES string of the molecule is CN(C(=O)c1ccc([N+](=O)[O-])c(F)c1)C1CCSC1. The van der Waals surface area contributed by atoms with Crippen molar-refractivity contribution in [3.63, 3.8) is 0 Å². The van der Waals surface area contributed by atoms with Crippen molar-refractivity contribution in [3.8, 4) is 0 Å². The van der Waals surface area contributed by atoms with Crippen LogP contribution in [0.25, 0.3) is 0 Å². The molecule has 1 amide bonds. The number of thioether (sulfide) groups is 1. The molecular weight excluding hydrogens is 271 g/mol. The van der Waals surface area contributed by atoms with Gasteiger partial charge in [-0.3, -0.25) is 14.9 Å². The molecule has 1 aliphatic rings. The first-order chi connectivity index (χ1) is 9.00.